The molecule has 2 amide bonds. The lowest BCUT2D eigenvalue weighted by molar-refractivity contribution is -0.129. The number of para-hydroxylation sites is 1. The molecule has 2 aromatic rings. The zero-order valence-corrected chi connectivity index (χ0v) is 17.2. The van der Waals surface area contributed by atoms with E-state index in [1.807, 2.05) is 44.2 Å². The standard InChI is InChI=1S/C22H28N2O4/c1-15-7-6-8-16(2)22(15)23-21(26)11-12-24(17(3)25)14-18-9-10-19(27-4)20(13-18)28-5/h6-10,13H,11-12,14H2,1-5H3,(H,23,26). The molecule has 0 atom stereocenters. The summed E-state index contributed by atoms with van der Waals surface area (Å²) in [5, 5.41) is 2.96. The van der Waals surface area contributed by atoms with Gasteiger partial charge in [-0.3, -0.25) is 9.59 Å². The van der Waals surface area contributed by atoms with Crippen LogP contribution < -0.4 is 14.8 Å². The van der Waals surface area contributed by atoms with Gasteiger partial charge in [0.2, 0.25) is 11.8 Å². The molecule has 0 aliphatic rings. The van der Waals surface area contributed by atoms with Gasteiger partial charge in [-0.2, -0.15) is 0 Å². The second kappa shape index (κ2) is 9.78. The van der Waals surface area contributed by atoms with Crippen LogP contribution in [0.15, 0.2) is 36.4 Å². The summed E-state index contributed by atoms with van der Waals surface area (Å²) in [5.41, 5.74) is 3.77. The molecular formula is C22H28N2O4. The van der Waals surface area contributed by atoms with Gasteiger partial charge in [0, 0.05) is 32.1 Å². The summed E-state index contributed by atoms with van der Waals surface area (Å²) >= 11 is 0. The van der Waals surface area contributed by atoms with E-state index < -0.39 is 0 Å². The molecule has 2 aromatic carbocycles. The highest BCUT2D eigenvalue weighted by Gasteiger charge is 2.14. The number of nitrogens with zero attached hydrogens (tertiary/aromatic N) is 1. The third-order valence-electron chi connectivity index (χ3n) is 4.62. The Kier molecular flexibility index (Phi) is 7.44. The first kappa shape index (κ1) is 21.3. The van der Waals surface area contributed by atoms with Gasteiger partial charge in [-0.25, -0.2) is 0 Å². The topological polar surface area (TPSA) is 67.9 Å². The van der Waals surface area contributed by atoms with Gasteiger partial charge in [0.25, 0.3) is 0 Å². The average Bonchev–Trinajstić information content (AvgIpc) is 2.67. The van der Waals surface area contributed by atoms with Crippen molar-refractivity contribution in [1.82, 2.24) is 4.90 Å². The summed E-state index contributed by atoms with van der Waals surface area (Å²) in [5.74, 6) is 1.04. The lowest BCUT2D eigenvalue weighted by Gasteiger charge is -2.22. The van der Waals surface area contributed by atoms with Crippen LogP contribution in [0.3, 0.4) is 0 Å². The zero-order valence-electron chi connectivity index (χ0n) is 17.2. The van der Waals surface area contributed by atoms with Crippen molar-refractivity contribution in [3.05, 3.63) is 53.1 Å². The predicted octanol–water partition coefficient (Wildman–Crippen LogP) is 3.70. The van der Waals surface area contributed by atoms with Crippen LogP contribution >= 0.6 is 0 Å². The highest BCUT2D eigenvalue weighted by Crippen LogP contribution is 2.28. The van der Waals surface area contributed by atoms with E-state index in [0.717, 1.165) is 22.4 Å². The molecule has 0 saturated heterocycles. The summed E-state index contributed by atoms with van der Waals surface area (Å²) in [6.45, 7) is 6.15. The molecule has 0 unspecified atom stereocenters. The SMILES string of the molecule is COc1ccc(CN(CCC(=O)Nc2c(C)cccc2C)C(C)=O)cc1OC. The van der Waals surface area contributed by atoms with Crippen molar-refractivity contribution in [2.45, 2.75) is 33.7 Å². The van der Waals surface area contributed by atoms with E-state index in [9.17, 15) is 9.59 Å². The van der Waals surface area contributed by atoms with Crippen molar-refractivity contribution in [2.75, 3.05) is 26.1 Å². The largest absolute Gasteiger partial charge is 0.493 e. The molecular weight excluding hydrogens is 356 g/mol. The Bertz CT molecular complexity index is 828. The minimum Gasteiger partial charge on any atom is -0.493 e. The maximum Gasteiger partial charge on any atom is 0.226 e. The number of rotatable bonds is 8. The van der Waals surface area contributed by atoms with Crippen LogP contribution in [-0.2, 0) is 16.1 Å². The number of hydrogen-bond donors (Lipinski definition) is 1. The number of carbonyl (C=O) groups excluding carboxylic acids is 2. The summed E-state index contributed by atoms with van der Waals surface area (Å²) in [7, 11) is 3.15. The van der Waals surface area contributed by atoms with Crippen LogP contribution in [0.5, 0.6) is 11.5 Å². The zero-order chi connectivity index (χ0) is 20.7. The Morgan fingerprint density at radius 2 is 1.64 bits per heavy atom. The van der Waals surface area contributed by atoms with E-state index in [0.29, 0.717) is 24.6 Å². The quantitative estimate of drug-likeness (QED) is 0.754. The molecule has 0 aliphatic heterocycles. The smallest absolute Gasteiger partial charge is 0.226 e. The number of hydrogen-bond acceptors (Lipinski definition) is 4. The molecule has 0 spiro atoms. The first-order chi connectivity index (χ1) is 13.3. The third-order valence-corrected chi connectivity index (χ3v) is 4.62. The van der Waals surface area contributed by atoms with Crippen LogP contribution in [-0.4, -0.2) is 37.5 Å². The molecule has 0 bridgehead atoms. The Labute approximate surface area is 166 Å². The molecule has 1 N–H and O–H groups in total. The van der Waals surface area contributed by atoms with Gasteiger partial charge in [-0.05, 0) is 42.7 Å². The van der Waals surface area contributed by atoms with E-state index in [1.165, 1.54) is 6.92 Å². The number of methoxy groups -OCH3 is 2. The van der Waals surface area contributed by atoms with E-state index in [2.05, 4.69) is 5.32 Å². The van der Waals surface area contributed by atoms with Crippen molar-refractivity contribution in [3.8, 4) is 11.5 Å². The predicted molar refractivity (Wildman–Crippen MR) is 110 cm³/mol. The minimum absolute atomic E-state index is 0.0883. The van der Waals surface area contributed by atoms with Crippen molar-refractivity contribution in [2.24, 2.45) is 0 Å². The fraction of sp³-hybridized carbons (Fsp3) is 0.364. The maximum absolute atomic E-state index is 12.4. The highest BCUT2D eigenvalue weighted by atomic mass is 16.5. The van der Waals surface area contributed by atoms with Crippen molar-refractivity contribution < 1.29 is 19.1 Å². The second-order valence-corrected chi connectivity index (χ2v) is 6.69. The number of ether oxygens (including phenoxy) is 2. The van der Waals surface area contributed by atoms with E-state index in [4.69, 9.17) is 9.47 Å². The van der Waals surface area contributed by atoms with Gasteiger partial charge >= 0.3 is 0 Å². The number of carbonyl (C=O) groups is 2. The van der Waals surface area contributed by atoms with E-state index >= 15 is 0 Å². The van der Waals surface area contributed by atoms with Gasteiger partial charge in [0.05, 0.1) is 14.2 Å². The molecule has 0 radical (unpaired) electrons. The van der Waals surface area contributed by atoms with Crippen LogP contribution in [0.25, 0.3) is 0 Å². The normalized spacial score (nSPS) is 10.3. The maximum atomic E-state index is 12.4. The molecule has 28 heavy (non-hydrogen) atoms. The summed E-state index contributed by atoms with van der Waals surface area (Å²) in [6, 6.07) is 11.4. The molecule has 0 aliphatic carbocycles. The summed E-state index contributed by atoms with van der Waals surface area (Å²) < 4.78 is 10.6. The first-order valence-electron chi connectivity index (χ1n) is 9.18. The Morgan fingerprint density at radius 1 is 1.00 bits per heavy atom. The Balaban J connectivity index is 2.01. The molecule has 0 saturated carbocycles. The van der Waals surface area contributed by atoms with Crippen molar-refractivity contribution >= 4 is 17.5 Å². The molecule has 150 valence electrons. The van der Waals surface area contributed by atoms with Gasteiger partial charge < -0.3 is 19.7 Å². The molecule has 0 aromatic heterocycles. The average molecular weight is 384 g/mol. The molecule has 0 fully saturated rings. The number of amides is 2. The van der Waals surface area contributed by atoms with E-state index in [-0.39, 0.29) is 18.2 Å². The first-order valence-corrected chi connectivity index (χ1v) is 9.18. The number of benzene rings is 2. The second-order valence-electron chi connectivity index (χ2n) is 6.69. The van der Waals surface area contributed by atoms with Crippen molar-refractivity contribution in [1.29, 1.82) is 0 Å². The monoisotopic (exact) mass is 384 g/mol. The molecule has 6 nitrogen and oxygen atoms in total. The van der Waals surface area contributed by atoms with Gasteiger partial charge in [-0.1, -0.05) is 24.3 Å². The lowest BCUT2D eigenvalue weighted by atomic mass is 10.1. The lowest BCUT2D eigenvalue weighted by Crippen LogP contribution is -2.31. The van der Waals surface area contributed by atoms with Gasteiger partial charge in [-0.15, -0.1) is 0 Å². The fourth-order valence-electron chi connectivity index (χ4n) is 3.00. The van der Waals surface area contributed by atoms with Gasteiger partial charge in [0.1, 0.15) is 0 Å². The summed E-state index contributed by atoms with van der Waals surface area (Å²) in [6.07, 6.45) is 0.223. The fourth-order valence-corrected chi connectivity index (χ4v) is 3.00. The van der Waals surface area contributed by atoms with Crippen LogP contribution in [0.2, 0.25) is 0 Å². The Morgan fingerprint density at radius 3 is 2.21 bits per heavy atom. The third kappa shape index (κ3) is 5.49. The van der Waals surface area contributed by atoms with Crippen LogP contribution in [0.1, 0.15) is 30.0 Å². The van der Waals surface area contributed by atoms with Gasteiger partial charge in [0.15, 0.2) is 11.5 Å². The molecule has 2 rings (SSSR count). The van der Waals surface area contributed by atoms with Crippen LogP contribution in [0.4, 0.5) is 5.69 Å². The Hall–Kier alpha value is -3.02. The summed E-state index contributed by atoms with van der Waals surface area (Å²) in [4.78, 5) is 26.1. The number of nitrogens with one attached hydrogen (secondary N) is 1. The molecule has 0 heterocycles. The number of anilines is 1. The number of aryl methyl sites for hydroxylation is 2. The minimum atomic E-state index is -0.115. The van der Waals surface area contributed by atoms with E-state index in [1.54, 1.807) is 25.2 Å². The van der Waals surface area contributed by atoms with Crippen LogP contribution in [0, 0.1) is 13.8 Å². The van der Waals surface area contributed by atoms with Crippen molar-refractivity contribution in [3.63, 3.8) is 0 Å². The molecule has 6 heteroatoms. The highest BCUT2D eigenvalue weighted by molar-refractivity contribution is 5.92.